The smallest absolute Gasteiger partial charge is 0.257 e. The molecule has 0 saturated carbocycles. The minimum absolute atomic E-state index is 0.133. The number of rotatable bonds is 3. The second-order valence-corrected chi connectivity index (χ2v) is 6.29. The monoisotopic (exact) mass is 370 g/mol. The fourth-order valence-corrected chi connectivity index (χ4v) is 2.97. The number of allylic oxidation sites excluding steroid dienone is 2. The Labute approximate surface area is 152 Å². The number of amides is 1. The minimum atomic E-state index is -1.74. The maximum absolute atomic E-state index is 14.0. The van der Waals surface area contributed by atoms with Crippen molar-refractivity contribution in [3.8, 4) is 11.3 Å². The Morgan fingerprint density at radius 1 is 1.41 bits per heavy atom. The number of halogens is 2. The third-order valence-electron chi connectivity index (χ3n) is 4.34. The molecule has 0 radical (unpaired) electrons. The maximum atomic E-state index is 14.0. The van der Waals surface area contributed by atoms with Crippen LogP contribution in [0.1, 0.15) is 6.42 Å². The van der Waals surface area contributed by atoms with E-state index in [1.165, 1.54) is 12.3 Å². The number of nitrogens with two attached hydrogens (primary N) is 1. The van der Waals surface area contributed by atoms with Crippen LogP contribution in [-0.2, 0) is 11.8 Å². The molecular weight excluding hydrogens is 354 g/mol. The van der Waals surface area contributed by atoms with Crippen LogP contribution >= 0.6 is 0 Å². The number of anilines is 1. The summed E-state index contributed by atoms with van der Waals surface area (Å²) < 4.78 is 29.7. The average Bonchev–Trinajstić information content (AvgIpc) is 3.24. The van der Waals surface area contributed by atoms with Gasteiger partial charge in [-0.2, -0.15) is 5.10 Å². The highest BCUT2D eigenvalue weighted by atomic mass is 19.1. The molecular formula is C18H16F2N6O. The number of carbonyl (C=O) groups is 1. The molecule has 0 saturated heterocycles. The van der Waals surface area contributed by atoms with E-state index in [4.69, 9.17) is 5.73 Å². The van der Waals surface area contributed by atoms with E-state index >= 15 is 0 Å². The number of nitrogens with zero attached hydrogens (tertiary/aromatic N) is 3. The zero-order valence-corrected chi connectivity index (χ0v) is 14.3. The van der Waals surface area contributed by atoms with Gasteiger partial charge in [0.2, 0.25) is 0 Å². The number of pyridine rings is 1. The number of hydrogen-bond donors (Lipinski definition) is 3. The van der Waals surface area contributed by atoms with E-state index in [-0.39, 0.29) is 12.1 Å². The summed E-state index contributed by atoms with van der Waals surface area (Å²) in [7, 11) is 1.82. The van der Waals surface area contributed by atoms with Crippen LogP contribution in [0.15, 0.2) is 53.9 Å². The number of aryl methyl sites for hydroxylation is 1. The molecule has 7 nitrogen and oxygen atoms in total. The summed E-state index contributed by atoms with van der Waals surface area (Å²) in [6.45, 7) is 0. The molecule has 0 fully saturated rings. The molecule has 0 aliphatic heterocycles. The van der Waals surface area contributed by atoms with Gasteiger partial charge >= 0.3 is 0 Å². The van der Waals surface area contributed by atoms with Crippen LogP contribution < -0.4 is 11.1 Å². The van der Waals surface area contributed by atoms with Gasteiger partial charge in [0.15, 0.2) is 5.83 Å². The number of aromatic nitrogens is 4. The molecule has 3 aromatic heterocycles. The van der Waals surface area contributed by atoms with E-state index in [0.29, 0.717) is 11.3 Å². The van der Waals surface area contributed by atoms with Crippen molar-refractivity contribution >= 4 is 22.6 Å². The molecule has 1 aliphatic carbocycles. The molecule has 138 valence electrons. The van der Waals surface area contributed by atoms with Gasteiger partial charge in [0.25, 0.3) is 5.91 Å². The lowest BCUT2D eigenvalue weighted by molar-refractivity contribution is -0.113. The molecule has 4 rings (SSSR count). The number of nitrogens with one attached hydrogen (secondary N) is 2. The molecule has 0 bridgehead atoms. The zero-order chi connectivity index (χ0) is 19.1. The first-order valence-corrected chi connectivity index (χ1v) is 8.21. The van der Waals surface area contributed by atoms with Crippen LogP contribution in [-0.4, -0.2) is 31.8 Å². The van der Waals surface area contributed by atoms with Gasteiger partial charge in [-0.1, -0.05) is 6.08 Å². The molecule has 9 heteroatoms. The predicted octanol–water partition coefficient (Wildman–Crippen LogP) is 2.71. The lowest BCUT2D eigenvalue weighted by atomic mass is 9.99. The molecule has 0 spiro atoms. The van der Waals surface area contributed by atoms with Crippen LogP contribution in [0, 0.1) is 0 Å². The summed E-state index contributed by atoms with van der Waals surface area (Å²) in [5.74, 6) is -1.90. The van der Waals surface area contributed by atoms with Gasteiger partial charge in [0.1, 0.15) is 11.8 Å². The van der Waals surface area contributed by atoms with Gasteiger partial charge in [0.05, 0.1) is 35.0 Å². The topological polar surface area (TPSA) is 102 Å². The second kappa shape index (κ2) is 6.35. The van der Waals surface area contributed by atoms with E-state index in [9.17, 15) is 13.6 Å². The van der Waals surface area contributed by atoms with Crippen molar-refractivity contribution in [3.63, 3.8) is 0 Å². The van der Waals surface area contributed by atoms with Gasteiger partial charge in [-0.05, 0) is 12.1 Å². The van der Waals surface area contributed by atoms with Crippen LogP contribution in [0.2, 0.25) is 0 Å². The Hall–Kier alpha value is -3.49. The highest BCUT2D eigenvalue weighted by Gasteiger charge is 2.29. The van der Waals surface area contributed by atoms with Gasteiger partial charge in [-0.15, -0.1) is 0 Å². The highest BCUT2D eigenvalue weighted by molar-refractivity contribution is 6.06. The third kappa shape index (κ3) is 3.07. The van der Waals surface area contributed by atoms with Crippen molar-refractivity contribution in [2.24, 2.45) is 12.8 Å². The Kier molecular flexibility index (Phi) is 3.98. The lowest BCUT2D eigenvalue weighted by Crippen LogP contribution is -2.26. The highest BCUT2D eigenvalue weighted by Crippen LogP contribution is 2.28. The Bertz CT molecular complexity index is 1110. The van der Waals surface area contributed by atoms with Crippen molar-refractivity contribution in [3.05, 3.63) is 53.9 Å². The summed E-state index contributed by atoms with van der Waals surface area (Å²) in [4.78, 5) is 19.7. The second-order valence-electron chi connectivity index (χ2n) is 6.29. The molecule has 1 unspecified atom stereocenters. The number of fused-ring (bicyclic) bond motifs is 1. The summed E-state index contributed by atoms with van der Waals surface area (Å²) in [5, 5.41) is 7.34. The van der Waals surface area contributed by atoms with Crippen LogP contribution in [0.5, 0.6) is 0 Å². The molecule has 1 atom stereocenters. The van der Waals surface area contributed by atoms with Crippen LogP contribution in [0.3, 0.4) is 0 Å². The SMILES string of the molecule is Cn1cc(-c2cc3cc(NC(=O)C4=C(F)C(N)=CCC4F)cnc3[nH]2)cn1. The molecule has 1 amide bonds. The Morgan fingerprint density at radius 3 is 2.96 bits per heavy atom. The first-order valence-electron chi connectivity index (χ1n) is 8.21. The van der Waals surface area contributed by atoms with E-state index in [1.54, 1.807) is 16.9 Å². The van der Waals surface area contributed by atoms with Gasteiger partial charge < -0.3 is 16.0 Å². The van der Waals surface area contributed by atoms with Crippen LogP contribution in [0.4, 0.5) is 14.5 Å². The third-order valence-corrected chi connectivity index (χ3v) is 4.34. The van der Waals surface area contributed by atoms with E-state index < -0.39 is 23.5 Å². The van der Waals surface area contributed by atoms with Gasteiger partial charge in [-0.25, -0.2) is 13.8 Å². The van der Waals surface area contributed by atoms with Crippen LogP contribution in [0.25, 0.3) is 22.3 Å². The molecule has 3 heterocycles. The maximum Gasteiger partial charge on any atom is 0.257 e. The standard InChI is InChI=1S/C18H16F2N6O/c1-26-8-10(6-23-26)14-5-9-4-11(7-22-17(9)25-14)24-18(27)15-12(19)2-3-13(21)16(15)20/h3-8,12H,2,21H2,1H3,(H,22,25)(H,24,27). The predicted molar refractivity (Wildman–Crippen MR) is 96.8 cm³/mol. The number of aromatic amines is 1. The largest absolute Gasteiger partial charge is 0.397 e. The minimum Gasteiger partial charge on any atom is -0.397 e. The number of alkyl halides is 1. The van der Waals surface area contributed by atoms with Gasteiger partial charge in [-0.3, -0.25) is 9.48 Å². The van der Waals surface area contributed by atoms with E-state index in [1.807, 2.05) is 19.3 Å². The summed E-state index contributed by atoms with van der Waals surface area (Å²) >= 11 is 0. The fraction of sp³-hybridized carbons (Fsp3) is 0.167. The lowest BCUT2D eigenvalue weighted by Gasteiger charge is -2.17. The number of carbonyl (C=O) groups excluding carboxylic acids is 1. The molecule has 27 heavy (non-hydrogen) atoms. The molecule has 0 aromatic carbocycles. The van der Waals surface area contributed by atoms with E-state index in [0.717, 1.165) is 16.6 Å². The first-order chi connectivity index (χ1) is 12.9. The molecule has 4 N–H and O–H groups in total. The fourth-order valence-electron chi connectivity index (χ4n) is 2.97. The summed E-state index contributed by atoms with van der Waals surface area (Å²) in [6.07, 6.45) is 4.34. The quantitative estimate of drug-likeness (QED) is 0.660. The first kappa shape index (κ1) is 17.0. The molecule has 3 aromatic rings. The normalized spacial score (nSPS) is 17.3. The van der Waals surface area contributed by atoms with Crippen molar-refractivity contribution in [2.75, 3.05) is 5.32 Å². The van der Waals surface area contributed by atoms with Crippen molar-refractivity contribution in [2.45, 2.75) is 12.6 Å². The van der Waals surface area contributed by atoms with E-state index in [2.05, 4.69) is 20.4 Å². The van der Waals surface area contributed by atoms with Crippen molar-refractivity contribution in [1.82, 2.24) is 19.7 Å². The molecule has 1 aliphatic rings. The number of hydrogen-bond acceptors (Lipinski definition) is 4. The summed E-state index contributed by atoms with van der Waals surface area (Å²) in [5.41, 5.74) is 7.27. The average molecular weight is 370 g/mol. The Balaban J connectivity index is 1.62. The zero-order valence-electron chi connectivity index (χ0n) is 14.3. The van der Waals surface area contributed by atoms with Crippen molar-refractivity contribution < 1.29 is 13.6 Å². The Morgan fingerprint density at radius 2 is 2.22 bits per heavy atom. The van der Waals surface area contributed by atoms with Crippen molar-refractivity contribution in [1.29, 1.82) is 0 Å². The number of H-pyrrole nitrogens is 1. The summed E-state index contributed by atoms with van der Waals surface area (Å²) in [6, 6.07) is 3.53. The van der Waals surface area contributed by atoms with Gasteiger partial charge in [0, 0.05) is 30.6 Å².